The molecule has 6 heterocycles. The van der Waals surface area contributed by atoms with E-state index in [1.807, 2.05) is 22.7 Å². The van der Waals surface area contributed by atoms with Crippen molar-refractivity contribution in [1.29, 1.82) is 0 Å². The van der Waals surface area contributed by atoms with Crippen molar-refractivity contribution in [3.8, 4) is 22.3 Å². The van der Waals surface area contributed by atoms with Crippen molar-refractivity contribution >= 4 is 244 Å². The first-order valence-corrected chi connectivity index (χ1v) is 50.5. The summed E-state index contributed by atoms with van der Waals surface area (Å²) in [4.78, 5) is 9.86. The molecular formula is C116H113B2I3N4O2S2. The molecule has 0 spiro atoms. The van der Waals surface area contributed by atoms with Gasteiger partial charge in [-0.25, -0.2) is 0 Å². The SMILES string of the molecule is Cc1cc(C(C)(C)C)ccc1N(c1cc(-c2ccccc2)cc(N(c2cc3ccc(C(C)(C)C)cc3o2)c2ccc(C(C)(C)C)cc2C)c1)c1ccc2c(c1)sc1ccccc12.Cc1cc(C(C)(C)C)ccc1N1c2cc3sc4ccccc4c3cc2B2c3c1cc(-c1ccccc1)cc3N(c1ccc(C(C)(C)C)cc1C)c1oc3cc(C(C)(C)C)ccc3c12.IB(I)I. The van der Waals surface area contributed by atoms with Crippen LogP contribution in [-0.2, 0) is 32.5 Å². The van der Waals surface area contributed by atoms with Gasteiger partial charge in [-0.15, -0.1) is 89.8 Å². The highest BCUT2D eigenvalue weighted by atomic mass is 127. The third-order valence-electron chi connectivity index (χ3n) is 26.1. The molecule has 13 heteroatoms. The topological polar surface area (TPSA) is 39.2 Å². The minimum absolute atomic E-state index is 0.00759. The number of benzene rings is 14. The van der Waals surface area contributed by atoms with Crippen LogP contribution in [0.4, 0.5) is 68.6 Å². The molecule has 129 heavy (non-hydrogen) atoms. The van der Waals surface area contributed by atoms with Crippen LogP contribution in [-0.4, -0.2) is 6.99 Å². The molecule has 648 valence electrons. The zero-order valence-corrected chi connectivity index (χ0v) is 86.5. The molecule has 0 N–H and O–H groups in total. The second-order valence-electron chi connectivity index (χ2n) is 41.6. The summed E-state index contributed by atoms with van der Waals surface area (Å²) < 4.78 is 20.3. The first-order chi connectivity index (χ1) is 61.1. The lowest BCUT2D eigenvalue weighted by Crippen LogP contribution is -2.61. The average molecular weight is 2060 g/mol. The normalized spacial score (nSPS) is 13.0. The second kappa shape index (κ2) is 34.1. The molecule has 0 aliphatic carbocycles. The lowest BCUT2D eigenvalue weighted by atomic mass is 9.33. The Morgan fingerprint density at radius 2 is 0.705 bits per heavy atom. The van der Waals surface area contributed by atoms with E-state index in [9.17, 15) is 0 Å². The van der Waals surface area contributed by atoms with E-state index in [0.717, 1.165) is 79.5 Å². The Hall–Kier alpha value is -9.88. The summed E-state index contributed by atoms with van der Waals surface area (Å²) in [7, 11) is 0. The molecule has 2 aliphatic rings. The standard InChI is InChI=1S/C58H55BN2OS.C58H58N2OS.BI3/c1-34-27-38(56(3,4)5)22-25-45(34)60-47-33-52-43(41-19-15-16-20-51(41)63-52)32-44(47)59-53-42-24-21-40(58(9,10)11)31-50(42)62-55(53)61(46-26-23-39(28-35(46)2)57(6,7)8)49-30-37(29-48(60)54(49)59)36-17-13-12-14-18-36;1-37-29-42(56(3,4)5)23-27-50(37)59(45-25-26-49-48-19-15-16-20-53(48)62-54(49)36-45)46-31-41(39-17-13-12-14-18-39)32-47(35-46)60(51-28-24-43(30-38(51)2)57(6,7)8)55-33-40-21-22-44(58(9,10)11)34-52(40)61-55;2-1(3)4/h12-33H,1-11H3;12-36H,1-11H3;. The van der Waals surface area contributed by atoms with Gasteiger partial charge in [0.05, 0.1) is 17.1 Å². The molecule has 2 aliphatic heterocycles. The molecule has 0 fully saturated rings. The van der Waals surface area contributed by atoms with Crippen molar-refractivity contribution in [2.75, 3.05) is 19.6 Å². The molecule has 20 rings (SSSR count). The van der Waals surface area contributed by atoms with Crippen LogP contribution >= 0.6 is 89.8 Å². The largest absolute Gasteiger partial charge is 0.440 e. The Kier molecular flexibility index (Phi) is 23.7. The third-order valence-corrected chi connectivity index (χ3v) is 28.4. The maximum absolute atomic E-state index is 7.39. The molecule has 14 aromatic carbocycles. The molecule has 0 bridgehead atoms. The Labute approximate surface area is 812 Å². The lowest BCUT2D eigenvalue weighted by molar-refractivity contribution is 0.583. The van der Waals surface area contributed by atoms with E-state index >= 15 is 0 Å². The van der Waals surface area contributed by atoms with Gasteiger partial charge in [-0.2, -0.15) is 0 Å². The summed E-state index contributed by atoms with van der Waals surface area (Å²) in [5, 5.41) is 7.44. The Morgan fingerprint density at radius 3 is 1.22 bits per heavy atom. The number of anilines is 12. The van der Waals surface area contributed by atoms with E-state index in [1.54, 1.807) is 0 Å². The predicted molar refractivity (Wildman–Crippen MR) is 591 cm³/mol. The minimum atomic E-state index is -0.0922. The second-order valence-corrected chi connectivity index (χ2v) is 54.6. The van der Waals surface area contributed by atoms with E-state index < -0.39 is 0 Å². The molecule has 18 aromatic rings. The highest BCUT2D eigenvalue weighted by Crippen LogP contribution is 2.54. The fourth-order valence-electron chi connectivity index (χ4n) is 18.9. The maximum Gasteiger partial charge on any atom is 0.355 e. The number of halogens is 3. The first kappa shape index (κ1) is 89.7. The van der Waals surface area contributed by atoms with Crippen molar-refractivity contribution in [3.05, 3.63) is 341 Å². The molecule has 0 amide bonds. The number of hydrogen-bond donors (Lipinski definition) is 0. The van der Waals surface area contributed by atoms with Crippen LogP contribution in [0.3, 0.4) is 0 Å². The summed E-state index contributed by atoms with van der Waals surface area (Å²) in [5.41, 5.74) is 34.3. The first-order valence-electron chi connectivity index (χ1n) is 45.1. The fraction of sp³-hybridized carbons (Fsp3) is 0.241. The van der Waals surface area contributed by atoms with Crippen LogP contribution in [0.5, 0.6) is 0 Å². The van der Waals surface area contributed by atoms with Gasteiger partial charge in [0.25, 0.3) is 6.71 Å². The van der Waals surface area contributed by atoms with Gasteiger partial charge >= 0.3 is 0.282 Å². The number of fused-ring (bicyclic) bond motifs is 13. The Bertz CT molecular complexity index is 7400. The highest BCUT2D eigenvalue weighted by Gasteiger charge is 2.48. The number of nitrogens with zero attached hydrogens (tertiary/aromatic N) is 4. The third kappa shape index (κ3) is 17.3. The summed E-state index contributed by atoms with van der Waals surface area (Å²) in [6.45, 7) is 50.1. The van der Waals surface area contributed by atoms with E-state index in [-0.39, 0.29) is 39.2 Å². The smallest absolute Gasteiger partial charge is 0.355 e. The highest BCUT2D eigenvalue weighted by molar-refractivity contribution is 14.4. The number of hydrogen-bond acceptors (Lipinski definition) is 8. The number of furan rings is 2. The monoisotopic (exact) mass is 2060 g/mol. The summed E-state index contributed by atoms with van der Waals surface area (Å²) >= 11 is 10.7. The molecule has 0 saturated heterocycles. The van der Waals surface area contributed by atoms with E-state index in [1.165, 1.54) is 146 Å². The predicted octanol–water partition coefficient (Wildman–Crippen LogP) is 35.3. The molecule has 0 atom stereocenters. The Morgan fingerprint density at radius 1 is 0.295 bits per heavy atom. The van der Waals surface area contributed by atoms with Crippen molar-refractivity contribution < 1.29 is 8.83 Å². The number of aryl methyl sites for hydroxylation is 4. The quantitative estimate of drug-likeness (QED) is 0.100. The van der Waals surface area contributed by atoms with Crippen molar-refractivity contribution in [2.24, 2.45) is 0 Å². The van der Waals surface area contributed by atoms with Crippen LogP contribution in [0.2, 0.25) is 0 Å². The zero-order chi connectivity index (χ0) is 91.2. The molecule has 0 radical (unpaired) electrons. The minimum Gasteiger partial charge on any atom is -0.440 e. The van der Waals surface area contributed by atoms with Gasteiger partial charge in [-0.1, -0.05) is 307 Å². The van der Waals surface area contributed by atoms with Crippen molar-refractivity contribution in [3.63, 3.8) is 0 Å². The van der Waals surface area contributed by atoms with Crippen LogP contribution in [0, 0.1) is 27.7 Å². The molecular weight excluding hydrogens is 1950 g/mol. The van der Waals surface area contributed by atoms with Gasteiger partial charge in [0.2, 0.25) is 11.8 Å². The van der Waals surface area contributed by atoms with Gasteiger partial charge in [0.1, 0.15) is 11.2 Å². The van der Waals surface area contributed by atoms with Gasteiger partial charge in [-0.05, 0) is 251 Å². The molecule has 4 aromatic heterocycles. The molecule has 0 unspecified atom stereocenters. The Balaban J connectivity index is 0.000000167. The van der Waals surface area contributed by atoms with Crippen LogP contribution in [0.25, 0.3) is 84.5 Å². The fourth-order valence-corrected chi connectivity index (χ4v) is 21.2. The van der Waals surface area contributed by atoms with Gasteiger partial charge in [0.15, 0.2) is 0 Å². The summed E-state index contributed by atoms with van der Waals surface area (Å²) in [6.07, 6.45) is 0. The molecule has 6 nitrogen and oxygen atoms in total. The summed E-state index contributed by atoms with van der Waals surface area (Å²) in [6, 6.07) is 107. The average Bonchev–Trinajstić information content (AvgIpc) is 1.58. The van der Waals surface area contributed by atoms with E-state index in [4.69, 9.17) is 8.83 Å². The van der Waals surface area contributed by atoms with Gasteiger partial charge in [-0.3, -0.25) is 9.80 Å². The van der Waals surface area contributed by atoms with Gasteiger partial charge in [0, 0.05) is 97.1 Å². The van der Waals surface area contributed by atoms with E-state index in [2.05, 4.69) is 524 Å². The molecule has 0 saturated carbocycles. The number of rotatable bonds is 10. The van der Waals surface area contributed by atoms with Gasteiger partial charge < -0.3 is 18.6 Å². The van der Waals surface area contributed by atoms with Crippen LogP contribution in [0.1, 0.15) is 180 Å². The zero-order valence-electron chi connectivity index (χ0n) is 78.3. The van der Waals surface area contributed by atoms with Crippen molar-refractivity contribution in [1.82, 2.24) is 0 Å². The van der Waals surface area contributed by atoms with E-state index in [0.29, 0.717) is 0 Å². The summed E-state index contributed by atoms with van der Waals surface area (Å²) in [5.74, 6) is 1.68. The van der Waals surface area contributed by atoms with Crippen LogP contribution < -0.4 is 36.0 Å². The number of thiophene rings is 2. The lowest BCUT2D eigenvalue weighted by Gasteiger charge is -2.43. The van der Waals surface area contributed by atoms with Crippen LogP contribution in [0.15, 0.2) is 294 Å². The maximum atomic E-state index is 7.39. The van der Waals surface area contributed by atoms with Crippen molar-refractivity contribution in [2.45, 2.75) is 185 Å².